The van der Waals surface area contributed by atoms with E-state index in [0.717, 1.165) is 24.8 Å². The Kier molecular flexibility index (Phi) is 5.39. The Morgan fingerprint density at radius 1 is 1.19 bits per heavy atom. The predicted octanol–water partition coefficient (Wildman–Crippen LogP) is 3.35. The number of rotatable bonds is 7. The first-order valence-corrected chi connectivity index (χ1v) is 9.30. The molecule has 3 N–H and O–H groups in total. The molecule has 1 heterocycles. The molecular formula is C15H20N2O2S2. The van der Waals surface area contributed by atoms with Crippen molar-refractivity contribution in [3.8, 4) is 0 Å². The minimum Gasteiger partial charge on any atom is -0.326 e. The summed E-state index contributed by atoms with van der Waals surface area (Å²) < 4.78 is 27.4. The second-order valence-corrected chi connectivity index (χ2v) is 7.70. The number of thiophene rings is 1. The molecule has 21 heavy (non-hydrogen) atoms. The third-order valence-corrected chi connectivity index (χ3v) is 6.03. The molecule has 0 unspecified atom stereocenters. The van der Waals surface area contributed by atoms with Crippen molar-refractivity contribution in [1.82, 2.24) is 0 Å². The van der Waals surface area contributed by atoms with Crippen molar-refractivity contribution in [2.24, 2.45) is 5.73 Å². The molecule has 114 valence electrons. The van der Waals surface area contributed by atoms with E-state index in [0.29, 0.717) is 12.2 Å². The maximum Gasteiger partial charge on any atom is 0.271 e. The van der Waals surface area contributed by atoms with E-state index in [1.54, 1.807) is 23.6 Å². The minimum absolute atomic E-state index is 0.290. The van der Waals surface area contributed by atoms with E-state index in [1.807, 2.05) is 12.1 Å². The van der Waals surface area contributed by atoms with Crippen LogP contribution in [0.4, 0.5) is 5.69 Å². The Labute approximate surface area is 130 Å². The van der Waals surface area contributed by atoms with Crippen LogP contribution in [0.5, 0.6) is 0 Å². The quantitative estimate of drug-likeness (QED) is 0.820. The number of hydrogen-bond donors (Lipinski definition) is 2. The van der Waals surface area contributed by atoms with Gasteiger partial charge in [0.05, 0.1) is 0 Å². The van der Waals surface area contributed by atoms with E-state index in [4.69, 9.17) is 5.73 Å². The van der Waals surface area contributed by atoms with Gasteiger partial charge in [0, 0.05) is 12.2 Å². The zero-order valence-corrected chi connectivity index (χ0v) is 13.6. The van der Waals surface area contributed by atoms with Gasteiger partial charge >= 0.3 is 0 Å². The molecule has 1 aromatic carbocycles. The fourth-order valence-corrected chi connectivity index (χ4v) is 4.21. The SMILES string of the molecule is CCCCc1ccc(NS(=O)(=O)c2cc(CN)cs2)cc1. The molecule has 0 saturated heterocycles. The molecule has 4 nitrogen and oxygen atoms in total. The number of anilines is 1. The van der Waals surface area contributed by atoms with Crippen LogP contribution < -0.4 is 10.5 Å². The summed E-state index contributed by atoms with van der Waals surface area (Å²) in [5.74, 6) is 0. The summed E-state index contributed by atoms with van der Waals surface area (Å²) in [6.07, 6.45) is 3.31. The zero-order chi connectivity index (χ0) is 15.3. The molecule has 6 heteroatoms. The van der Waals surface area contributed by atoms with Gasteiger partial charge in [-0.3, -0.25) is 4.72 Å². The summed E-state index contributed by atoms with van der Waals surface area (Å²) in [5, 5.41) is 1.77. The van der Waals surface area contributed by atoms with E-state index < -0.39 is 10.0 Å². The second kappa shape index (κ2) is 7.06. The molecule has 1 aromatic heterocycles. The summed E-state index contributed by atoms with van der Waals surface area (Å²) in [5.41, 5.74) is 8.14. The van der Waals surface area contributed by atoms with Crippen LogP contribution >= 0.6 is 11.3 Å². The highest BCUT2D eigenvalue weighted by Gasteiger charge is 2.16. The Morgan fingerprint density at radius 2 is 1.90 bits per heavy atom. The first kappa shape index (κ1) is 16.0. The van der Waals surface area contributed by atoms with Crippen LogP contribution in [0, 0.1) is 0 Å². The largest absolute Gasteiger partial charge is 0.326 e. The van der Waals surface area contributed by atoms with Crippen LogP contribution in [0.15, 0.2) is 39.9 Å². The standard InChI is InChI=1S/C15H20N2O2S2/c1-2-3-4-12-5-7-14(8-6-12)17-21(18,19)15-9-13(10-16)11-20-15/h5-9,11,17H,2-4,10,16H2,1H3. The van der Waals surface area contributed by atoms with Gasteiger partial charge in [-0.25, -0.2) is 8.42 Å². The summed E-state index contributed by atoms with van der Waals surface area (Å²) >= 11 is 1.18. The van der Waals surface area contributed by atoms with Gasteiger partial charge in [-0.2, -0.15) is 0 Å². The van der Waals surface area contributed by atoms with Crippen LogP contribution in [0.1, 0.15) is 30.9 Å². The summed E-state index contributed by atoms with van der Waals surface area (Å²) in [6, 6.07) is 9.16. The van der Waals surface area contributed by atoms with Crippen molar-refractivity contribution >= 4 is 27.0 Å². The van der Waals surface area contributed by atoms with Crippen molar-refractivity contribution in [3.05, 3.63) is 46.8 Å². The van der Waals surface area contributed by atoms with Gasteiger partial charge in [-0.05, 0) is 47.5 Å². The Bertz CT molecular complexity index is 676. The highest BCUT2D eigenvalue weighted by molar-refractivity contribution is 7.94. The predicted molar refractivity (Wildman–Crippen MR) is 88.1 cm³/mol. The minimum atomic E-state index is -3.52. The van der Waals surface area contributed by atoms with Crippen molar-refractivity contribution in [3.63, 3.8) is 0 Å². The molecule has 0 atom stereocenters. The van der Waals surface area contributed by atoms with E-state index in [-0.39, 0.29) is 4.21 Å². The topological polar surface area (TPSA) is 72.2 Å². The second-order valence-electron chi connectivity index (χ2n) is 4.88. The highest BCUT2D eigenvalue weighted by Crippen LogP contribution is 2.23. The Balaban J connectivity index is 2.09. The van der Waals surface area contributed by atoms with Gasteiger partial charge in [-0.1, -0.05) is 25.5 Å². The Hall–Kier alpha value is -1.37. The van der Waals surface area contributed by atoms with Crippen molar-refractivity contribution in [2.45, 2.75) is 36.9 Å². The molecule has 0 fully saturated rings. The molecule has 0 aliphatic rings. The molecule has 2 aromatic rings. The molecule has 0 amide bonds. The van der Waals surface area contributed by atoms with Gasteiger partial charge < -0.3 is 5.73 Å². The van der Waals surface area contributed by atoms with Gasteiger partial charge in [0.1, 0.15) is 4.21 Å². The number of nitrogens with one attached hydrogen (secondary N) is 1. The van der Waals surface area contributed by atoms with Crippen LogP contribution in [-0.2, 0) is 23.0 Å². The Morgan fingerprint density at radius 3 is 2.48 bits per heavy atom. The zero-order valence-electron chi connectivity index (χ0n) is 12.0. The first-order valence-electron chi connectivity index (χ1n) is 6.94. The molecule has 0 bridgehead atoms. The molecule has 0 saturated carbocycles. The smallest absolute Gasteiger partial charge is 0.271 e. The number of unbranched alkanes of at least 4 members (excludes halogenated alkanes) is 1. The summed E-state index contributed by atoms with van der Waals surface area (Å²) in [4.78, 5) is 0. The number of sulfonamides is 1. The van der Waals surface area contributed by atoms with Gasteiger partial charge in [0.15, 0.2) is 0 Å². The van der Waals surface area contributed by atoms with Crippen molar-refractivity contribution < 1.29 is 8.42 Å². The maximum absolute atomic E-state index is 12.2. The van der Waals surface area contributed by atoms with Gasteiger partial charge in [0.25, 0.3) is 10.0 Å². The lowest BCUT2D eigenvalue weighted by Gasteiger charge is -2.07. The fourth-order valence-electron chi connectivity index (χ4n) is 1.93. The third kappa shape index (κ3) is 4.30. The number of nitrogens with two attached hydrogens (primary N) is 1. The average Bonchev–Trinajstić information content (AvgIpc) is 2.96. The third-order valence-electron chi connectivity index (χ3n) is 3.16. The number of benzene rings is 1. The van der Waals surface area contributed by atoms with Crippen LogP contribution in [0.2, 0.25) is 0 Å². The fraction of sp³-hybridized carbons (Fsp3) is 0.333. The summed E-state index contributed by atoms with van der Waals surface area (Å²) in [7, 11) is -3.52. The molecular weight excluding hydrogens is 304 g/mol. The van der Waals surface area contributed by atoms with Crippen molar-refractivity contribution in [2.75, 3.05) is 4.72 Å². The number of aryl methyl sites for hydroxylation is 1. The van der Waals surface area contributed by atoms with E-state index in [1.165, 1.54) is 16.9 Å². The van der Waals surface area contributed by atoms with Crippen LogP contribution in [0.25, 0.3) is 0 Å². The number of hydrogen-bond acceptors (Lipinski definition) is 4. The van der Waals surface area contributed by atoms with Gasteiger partial charge in [0.2, 0.25) is 0 Å². The lowest BCUT2D eigenvalue weighted by molar-refractivity contribution is 0.603. The average molecular weight is 324 g/mol. The molecule has 0 radical (unpaired) electrons. The van der Waals surface area contributed by atoms with Crippen LogP contribution in [0.3, 0.4) is 0 Å². The lowest BCUT2D eigenvalue weighted by atomic mass is 10.1. The van der Waals surface area contributed by atoms with E-state index in [2.05, 4.69) is 11.6 Å². The molecule has 2 rings (SSSR count). The first-order chi connectivity index (χ1) is 10.0. The van der Waals surface area contributed by atoms with E-state index in [9.17, 15) is 8.42 Å². The lowest BCUT2D eigenvalue weighted by Crippen LogP contribution is -2.11. The van der Waals surface area contributed by atoms with Crippen LogP contribution in [-0.4, -0.2) is 8.42 Å². The normalized spacial score (nSPS) is 11.5. The van der Waals surface area contributed by atoms with E-state index >= 15 is 0 Å². The maximum atomic E-state index is 12.2. The van der Waals surface area contributed by atoms with Gasteiger partial charge in [-0.15, -0.1) is 11.3 Å². The molecule has 0 aliphatic carbocycles. The molecule has 0 spiro atoms. The summed E-state index contributed by atoms with van der Waals surface area (Å²) in [6.45, 7) is 2.50. The molecule has 0 aliphatic heterocycles. The van der Waals surface area contributed by atoms with Crippen molar-refractivity contribution in [1.29, 1.82) is 0 Å². The monoisotopic (exact) mass is 324 g/mol. The highest BCUT2D eigenvalue weighted by atomic mass is 32.2.